The Morgan fingerprint density at radius 3 is 2.59 bits per heavy atom. The Kier molecular flexibility index (Phi) is 5.31. The van der Waals surface area contributed by atoms with Crippen molar-refractivity contribution in [3.63, 3.8) is 0 Å². The number of nitrogens with zero attached hydrogens (tertiary/aromatic N) is 6. The van der Waals surface area contributed by atoms with Crippen LogP contribution in [0.5, 0.6) is 0 Å². The van der Waals surface area contributed by atoms with Gasteiger partial charge in [-0.05, 0) is 43.4 Å². The molecule has 0 amide bonds. The summed E-state index contributed by atoms with van der Waals surface area (Å²) in [6, 6.07) is 15.0. The monoisotopic (exact) mass is 472 g/mol. The van der Waals surface area contributed by atoms with Crippen molar-refractivity contribution in [2.75, 3.05) is 13.2 Å². The average molecular weight is 473 g/mol. The van der Waals surface area contributed by atoms with Crippen molar-refractivity contribution >= 4 is 33.7 Å². The van der Waals surface area contributed by atoms with Gasteiger partial charge in [-0.25, -0.2) is 9.67 Å². The molecular weight excluding hydrogens is 448 g/mol. The number of aryl methyl sites for hydroxylation is 2. The molecule has 172 valence electrons. The van der Waals surface area contributed by atoms with Crippen molar-refractivity contribution in [1.82, 2.24) is 29.5 Å². The highest BCUT2D eigenvalue weighted by Gasteiger charge is 2.30. The summed E-state index contributed by atoms with van der Waals surface area (Å²) in [4.78, 5) is 9.73. The van der Waals surface area contributed by atoms with Gasteiger partial charge in [0.25, 0.3) is 0 Å². The normalized spacial score (nSPS) is 15.9. The number of hydrogen-bond donors (Lipinski definition) is 0. The smallest absolute Gasteiger partial charge is 0.143 e. The van der Waals surface area contributed by atoms with E-state index in [1.807, 2.05) is 26.2 Å². The SMILES string of the molecule is Cc1nnn(C)c1-c1cnc2c3cc(Cl)cnc3n([C@H](c3ccccc3)C3CCOCC3)c2c1. The number of fused-ring (bicyclic) bond motifs is 3. The molecule has 1 aromatic carbocycles. The topological polar surface area (TPSA) is 70.7 Å². The van der Waals surface area contributed by atoms with Crippen LogP contribution in [0, 0.1) is 12.8 Å². The minimum Gasteiger partial charge on any atom is -0.381 e. The molecular formula is C26H25ClN6O. The van der Waals surface area contributed by atoms with Crippen LogP contribution in [0.4, 0.5) is 0 Å². The first-order valence-corrected chi connectivity index (χ1v) is 11.9. The highest BCUT2D eigenvalue weighted by molar-refractivity contribution is 6.31. The van der Waals surface area contributed by atoms with Crippen molar-refractivity contribution in [1.29, 1.82) is 0 Å². The Morgan fingerprint density at radius 2 is 1.85 bits per heavy atom. The van der Waals surface area contributed by atoms with E-state index in [-0.39, 0.29) is 6.04 Å². The second-order valence-corrected chi connectivity index (χ2v) is 9.38. The summed E-state index contributed by atoms with van der Waals surface area (Å²) in [5.74, 6) is 0.413. The van der Waals surface area contributed by atoms with Crippen LogP contribution >= 0.6 is 11.6 Å². The van der Waals surface area contributed by atoms with Gasteiger partial charge in [0.1, 0.15) is 5.65 Å². The molecule has 0 spiro atoms. The van der Waals surface area contributed by atoms with Crippen molar-refractivity contribution in [3.8, 4) is 11.3 Å². The minimum atomic E-state index is 0.0987. The van der Waals surface area contributed by atoms with Gasteiger partial charge >= 0.3 is 0 Å². The predicted octanol–water partition coefficient (Wildman–Crippen LogP) is 5.36. The molecule has 0 bridgehead atoms. The number of pyridine rings is 2. The molecule has 7 nitrogen and oxygen atoms in total. The molecule has 5 heterocycles. The first-order valence-electron chi connectivity index (χ1n) is 11.6. The fourth-order valence-corrected chi connectivity index (χ4v) is 5.50. The van der Waals surface area contributed by atoms with Gasteiger partial charge in [0.2, 0.25) is 0 Å². The van der Waals surface area contributed by atoms with Crippen LogP contribution in [0.1, 0.15) is 30.1 Å². The molecule has 0 aliphatic carbocycles. The molecule has 1 aliphatic rings. The zero-order valence-corrected chi connectivity index (χ0v) is 19.9. The van der Waals surface area contributed by atoms with Crippen LogP contribution < -0.4 is 0 Å². The molecule has 0 radical (unpaired) electrons. The molecule has 4 aromatic heterocycles. The summed E-state index contributed by atoms with van der Waals surface area (Å²) >= 11 is 6.39. The summed E-state index contributed by atoms with van der Waals surface area (Å²) < 4.78 is 9.88. The highest BCUT2D eigenvalue weighted by Crippen LogP contribution is 2.41. The third-order valence-corrected chi connectivity index (χ3v) is 7.05. The zero-order valence-electron chi connectivity index (χ0n) is 19.1. The summed E-state index contributed by atoms with van der Waals surface area (Å²) in [6.07, 6.45) is 5.60. The first kappa shape index (κ1) is 21.3. The van der Waals surface area contributed by atoms with Crippen molar-refractivity contribution in [2.24, 2.45) is 13.0 Å². The lowest BCUT2D eigenvalue weighted by Gasteiger charge is -2.32. The van der Waals surface area contributed by atoms with Gasteiger partial charge in [0, 0.05) is 43.6 Å². The van der Waals surface area contributed by atoms with Crippen molar-refractivity contribution in [3.05, 3.63) is 71.1 Å². The third kappa shape index (κ3) is 3.47. The highest BCUT2D eigenvalue weighted by atomic mass is 35.5. The largest absolute Gasteiger partial charge is 0.381 e. The van der Waals surface area contributed by atoms with E-state index in [9.17, 15) is 0 Å². The fraction of sp³-hybridized carbons (Fsp3) is 0.308. The molecule has 34 heavy (non-hydrogen) atoms. The van der Waals surface area contributed by atoms with Gasteiger partial charge in [-0.3, -0.25) is 4.98 Å². The van der Waals surface area contributed by atoms with Gasteiger partial charge in [-0.15, -0.1) is 5.10 Å². The number of aromatic nitrogens is 6. The van der Waals surface area contributed by atoms with E-state index in [1.54, 1.807) is 10.9 Å². The summed E-state index contributed by atoms with van der Waals surface area (Å²) in [7, 11) is 1.91. The van der Waals surface area contributed by atoms with E-state index in [2.05, 4.69) is 51.3 Å². The van der Waals surface area contributed by atoms with E-state index in [0.29, 0.717) is 10.9 Å². The maximum absolute atomic E-state index is 6.39. The molecule has 5 aromatic rings. The van der Waals surface area contributed by atoms with Crippen LogP contribution in [-0.4, -0.2) is 42.7 Å². The van der Waals surface area contributed by atoms with Gasteiger partial charge in [0.05, 0.1) is 33.5 Å². The molecule has 0 saturated carbocycles. The second kappa shape index (κ2) is 8.49. The van der Waals surface area contributed by atoms with E-state index < -0.39 is 0 Å². The summed E-state index contributed by atoms with van der Waals surface area (Å²) in [5, 5.41) is 10.00. The first-order chi connectivity index (χ1) is 16.6. The molecule has 8 heteroatoms. The number of benzene rings is 1. The average Bonchev–Trinajstić information content (AvgIpc) is 3.36. The summed E-state index contributed by atoms with van der Waals surface area (Å²) in [5.41, 5.74) is 6.89. The minimum absolute atomic E-state index is 0.0987. The molecule has 1 fully saturated rings. The van der Waals surface area contributed by atoms with Crippen LogP contribution in [0.2, 0.25) is 5.02 Å². The standard InChI is InChI=1S/C26H25ClN6O/c1-16-24(32(2)31-30-16)19-12-22-23(28-14-19)21-13-20(27)15-29-26(21)33(22)25(17-6-4-3-5-7-17)18-8-10-34-11-9-18/h3-7,12-15,18,25H,8-11H2,1-2H3/t25-/m1/s1. The Hall–Kier alpha value is -3.29. The molecule has 0 unspecified atom stereocenters. The lowest BCUT2D eigenvalue weighted by atomic mass is 9.86. The Balaban J connectivity index is 1.67. The molecule has 6 rings (SSSR count). The van der Waals surface area contributed by atoms with Crippen molar-refractivity contribution in [2.45, 2.75) is 25.8 Å². The van der Waals surface area contributed by atoms with Crippen LogP contribution in [0.25, 0.3) is 33.3 Å². The number of rotatable bonds is 4. The van der Waals surface area contributed by atoms with Gasteiger partial charge in [-0.1, -0.05) is 47.1 Å². The van der Waals surface area contributed by atoms with E-state index in [1.165, 1.54) is 5.56 Å². The molecule has 1 atom stereocenters. The van der Waals surface area contributed by atoms with Crippen LogP contribution in [0.15, 0.2) is 54.9 Å². The fourth-order valence-electron chi connectivity index (χ4n) is 5.34. The maximum atomic E-state index is 6.39. The maximum Gasteiger partial charge on any atom is 0.143 e. The van der Waals surface area contributed by atoms with Crippen molar-refractivity contribution < 1.29 is 4.74 Å². The van der Waals surface area contributed by atoms with E-state index in [4.69, 9.17) is 26.3 Å². The Bertz CT molecular complexity index is 1470. The number of halogens is 1. The lowest BCUT2D eigenvalue weighted by Crippen LogP contribution is -2.27. The predicted molar refractivity (Wildman–Crippen MR) is 133 cm³/mol. The third-order valence-electron chi connectivity index (χ3n) is 6.84. The molecule has 0 N–H and O–H groups in total. The quantitative estimate of drug-likeness (QED) is 0.352. The zero-order chi connectivity index (χ0) is 23.2. The van der Waals surface area contributed by atoms with Crippen LogP contribution in [0.3, 0.4) is 0 Å². The van der Waals surface area contributed by atoms with Gasteiger partial charge < -0.3 is 9.30 Å². The number of ether oxygens (including phenoxy) is 1. The second-order valence-electron chi connectivity index (χ2n) is 8.94. The van der Waals surface area contributed by atoms with Crippen LogP contribution in [-0.2, 0) is 11.8 Å². The lowest BCUT2D eigenvalue weighted by molar-refractivity contribution is 0.0552. The van der Waals surface area contributed by atoms with E-state index in [0.717, 1.165) is 65.1 Å². The molecule has 1 saturated heterocycles. The number of hydrogen-bond acceptors (Lipinski definition) is 5. The Labute approximate surface area is 202 Å². The van der Waals surface area contributed by atoms with E-state index >= 15 is 0 Å². The van der Waals surface area contributed by atoms with Gasteiger partial charge in [0.15, 0.2) is 0 Å². The summed E-state index contributed by atoms with van der Waals surface area (Å²) in [6.45, 7) is 3.51. The molecule has 1 aliphatic heterocycles. The van der Waals surface area contributed by atoms with Gasteiger partial charge in [-0.2, -0.15) is 0 Å². The Morgan fingerprint density at radius 1 is 1.06 bits per heavy atom.